The molecule has 106 valence electrons. The zero-order valence-corrected chi connectivity index (χ0v) is 12.3. The van der Waals surface area contributed by atoms with E-state index in [0.29, 0.717) is 0 Å². The van der Waals surface area contributed by atoms with Gasteiger partial charge in [-0.3, -0.25) is 0 Å². The first-order valence-corrected chi connectivity index (χ1v) is 7.84. The van der Waals surface area contributed by atoms with E-state index >= 15 is 0 Å². The molecular formula is C15H31N3. The summed E-state index contributed by atoms with van der Waals surface area (Å²) >= 11 is 0. The summed E-state index contributed by atoms with van der Waals surface area (Å²) in [6.45, 7) is 6.33. The Hall–Kier alpha value is -0.120. The number of nitrogens with one attached hydrogen (secondary N) is 1. The van der Waals surface area contributed by atoms with Gasteiger partial charge in [0, 0.05) is 19.1 Å². The van der Waals surface area contributed by atoms with Gasteiger partial charge in [0.05, 0.1) is 0 Å². The Morgan fingerprint density at radius 2 is 2.00 bits per heavy atom. The average molecular weight is 253 g/mol. The molecule has 2 rings (SSSR count). The van der Waals surface area contributed by atoms with E-state index in [2.05, 4.69) is 29.2 Å². The predicted octanol–water partition coefficient (Wildman–Crippen LogP) is 1.79. The van der Waals surface area contributed by atoms with Gasteiger partial charge in [0.25, 0.3) is 0 Å². The van der Waals surface area contributed by atoms with Crippen LogP contribution in [0.25, 0.3) is 0 Å². The first kappa shape index (κ1) is 14.3. The standard InChI is InChI=1S/C15H31N3/c1-17(12-14-8-11-18(2)13-14)10-5-9-16-15-6-3-4-7-15/h14-16H,3-13H2,1-2H3. The molecule has 1 saturated heterocycles. The van der Waals surface area contributed by atoms with Crippen LogP contribution in [-0.2, 0) is 0 Å². The molecule has 0 bridgehead atoms. The molecule has 0 aromatic carbocycles. The molecule has 3 heteroatoms. The van der Waals surface area contributed by atoms with Crippen LogP contribution in [0.2, 0.25) is 0 Å². The summed E-state index contributed by atoms with van der Waals surface area (Å²) in [5.41, 5.74) is 0. The highest BCUT2D eigenvalue weighted by Crippen LogP contribution is 2.17. The molecule has 1 unspecified atom stereocenters. The van der Waals surface area contributed by atoms with Crippen LogP contribution in [0, 0.1) is 5.92 Å². The lowest BCUT2D eigenvalue weighted by Crippen LogP contribution is -2.32. The first-order chi connectivity index (χ1) is 8.74. The molecule has 1 N–H and O–H groups in total. The Kier molecular flexibility index (Phi) is 5.93. The van der Waals surface area contributed by atoms with E-state index in [4.69, 9.17) is 0 Å². The van der Waals surface area contributed by atoms with Crippen molar-refractivity contribution in [1.82, 2.24) is 15.1 Å². The summed E-state index contributed by atoms with van der Waals surface area (Å²) in [5.74, 6) is 0.905. The van der Waals surface area contributed by atoms with E-state index in [1.54, 1.807) is 0 Å². The van der Waals surface area contributed by atoms with Crippen molar-refractivity contribution in [2.75, 3.05) is 46.8 Å². The van der Waals surface area contributed by atoms with Gasteiger partial charge in [0.1, 0.15) is 0 Å². The third kappa shape index (κ3) is 4.87. The average Bonchev–Trinajstić information content (AvgIpc) is 2.96. The van der Waals surface area contributed by atoms with Gasteiger partial charge in [-0.1, -0.05) is 12.8 Å². The number of likely N-dealkylation sites (tertiary alicyclic amines) is 1. The molecule has 18 heavy (non-hydrogen) atoms. The molecule has 1 aliphatic carbocycles. The van der Waals surface area contributed by atoms with Gasteiger partial charge in [-0.15, -0.1) is 0 Å². The zero-order valence-electron chi connectivity index (χ0n) is 12.3. The van der Waals surface area contributed by atoms with Crippen molar-refractivity contribution in [3.8, 4) is 0 Å². The highest BCUT2D eigenvalue weighted by Gasteiger charge is 2.20. The Morgan fingerprint density at radius 1 is 1.22 bits per heavy atom. The van der Waals surface area contributed by atoms with Crippen molar-refractivity contribution in [3.05, 3.63) is 0 Å². The Balaban J connectivity index is 1.48. The molecule has 1 heterocycles. The summed E-state index contributed by atoms with van der Waals surface area (Å²) in [6, 6.07) is 0.832. The molecule has 0 radical (unpaired) electrons. The van der Waals surface area contributed by atoms with Crippen LogP contribution in [-0.4, -0.2) is 62.7 Å². The molecule has 1 saturated carbocycles. The van der Waals surface area contributed by atoms with E-state index in [0.717, 1.165) is 12.0 Å². The van der Waals surface area contributed by atoms with Crippen molar-refractivity contribution in [3.63, 3.8) is 0 Å². The van der Waals surface area contributed by atoms with E-state index in [9.17, 15) is 0 Å². The lowest BCUT2D eigenvalue weighted by atomic mass is 10.1. The summed E-state index contributed by atoms with van der Waals surface area (Å²) in [6.07, 6.45) is 8.38. The van der Waals surface area contributed by atoms with E-state index in [-0.39, 0.29) is 0 Å². The molecule has 0 aromatic rings. The van der Waals surface area contributed by atoms with Gasteiger partial charge in [-0.25, -0.2) is 0 Å². The van der Waals surface area contributed by atoms with Gasteiger partial charge >= 0.3 is 0 Å². The second-order valence-corrected chi connectivity index (χ2v) is 6.47. The van der Waals surface area contributed by atoms with Crippen LogP contribution in [0.15, 0.2) is 0 Å². The molecule has 0 aromatic heterocycles. The molecule has 0 amide bonds. The van der Waals surface area contributed by atoms with Crippen molar-refractivity contribution < 1.29 is 0 Å². The minimum Gasteiger partial charge on any atom is -0.314 e. The number of nitrogens with zero attached hydrogens (tertiary/aromatic N) is 2. The van der Waals surface area contributed by atoms with Crippen LogP contribution in [0.1, 0.15) is 38.5 Å². The van der Waals surface area contributed by atoms with Gasteiger partial charge < -0.3 is 15.1 Å². The number of rotatable bonds is 7. The summed E-state index contributed by atoms with van der Waals surface area (Å²) in [5, 5.41) is 3.70. The lowest BCUT2D eigenvalue weighted by Gasteiger charge is -2.21. The molecule has 2 fully saturated rings. The highest BCUT2D eigenvalue weighted by molar-refractivity contribution is 4.76. The fourth-order valence-electron chi connectivity index (χ4n) is 3.49. The summed E-state index contributed by atoms with van der Waals surface area (Å²) in [7, 11) is 4.53. The molecule has 0 spiro atoms. The second kappa shape index (κ2) is 7.46. The van der Waals surface area contributed by atoms with Crippen LogP contribution >= 0.6 is 0 Å². The Bertz CT molecular complexity index is 226. The van der Waals surface area contributed by atoms with E-state index in [1.807, 2.05) is 0 Å². The van der Waals surface area contributed by atoms with Crippen LogP contribution in [0.3, 0.4) is 0 Å². The minimum atomic E-state index is 0.832. The number of hydrogen-bond donors (Lipinski definition) is 1. The van der Waals surface area contributed by atoms with Gasteiger partial charge in [0.15, 0.2) is 0 Å². The Labute approximate surface area is 113 Å². The predicted molar refractivity (Wildman–Crippen MR) is 78.0 cm³/mol. The molecule has 2 aliphatic rings. The van der Waals surface area contributed by atoms with Crippen molar-refractivity contribution >= 4 is 0 Å². The molecule has 1 atom stereocenters. The van der Waals surface area contributed by atoms with Crippen LogP contribution in [0.4, 0.5) is 0 Å². The fraction of sp³-hybridized carbons (Fsp3) is 1.00. The Morgan fingerprint density at radius 3 is 2.67 bits per heavy atom. The van der Waals surface area contributed by atoms with Crippen LogP contribution < -0.4 is 5.32 Å². The normalized spacial score (nSPS) is 26.5. The van der Waals surface area contributed by atoms with Crippen LogP contribution in [0.5, 0.6) is 0 Å². The third-order valence-electron chi connectivity index (χ3n) is 4.56. The maximum atomic E-state index is 3.70. The second-order valence-electron chi connectivity index (χ2n) is 6.47. The van der Waals surface area contributed by atoms with Gasteiger partial charge in [0.2, 0.25) is 0 Å². The molecule has 3 nitrogen and oxygen atoms in total. The van der Waals surface area contributed by atoms with E-state index < -0.39 is 0 Å². The fourth-order valence-corrected chi connectivity index (χ4v) is 3.49. The van der Waals surface area contributed by atoms with Gasteiger partial charge in [-0.2, -0.15) is 0 Å². The first-order valence-electron chi connectivity index (χ1n) is 7.84. The molecular weight excluding hydrogens is 222 g/mol. The van der Waals surface area contributed by atoms with Crippen molar-refractivity contribution in [2.45, 2.75) is 44.6 Å². The third-order valence-corrected chi connectivity index (χ3v) is 4.56. The highest BCUT2D eigenvalue weighted by atomic mass is 15.1. The smallest absolute Gasteiger partial charge is 0.00670 e. The monoisotopic (exact) mass is 253 g/mol. The summed E-state index contributed by atoms with van der Waals surface area (Å²) < 4.78 is 0. The zero-order chi connectivity index (χ0) is 12.8. The van der Waals surface area contributed by atoms with Gasteiger partial charge in [-0.05, 0) is 65.3 Å². The van der Waals surface area contributed by atoms with E-state index in [1.165, 1.54) is 71.2 Å². The number of hydrogen-bond acceptors (Lipinski definition) is 3. The maximum absolute atomic E-state index is 3.70. The largest absolute Gasteiger partial charge is 0.314 e. The topological polar surface area (TPSA) is 18.5 Å². The molecule has 1 aliphatic heterocycles. The summed E-state index contributed by atoms with van der Waals surface area (Å²) in [4.78, 5) is 4.99. The lowest BCUT2D eigenvalue weighted by molar-refractivity contribution is 0.268. The quantitative estimate of drug-likeness (QED) is 0.698. The van der Waals surface area contributed by atoms with Crippen molar-refractivity contribution in [1.29, 1.82) is 0 Å². The minimum absolute atomic E-state index is 0.832. The SMILES string of the molecule is CN(CCCNC1CCCC1)CC1CCN(C)C1. The maximum Gasteiger partial charge on any atom is 0.00670 e. The van der Waals surface area contributed by atoms with Crippen molar-refractivity contribution in [2.24, 2.45) is 5.92 Å².